The van der Waals surface area contributed by atoms with E-state index in [1.807, 2.05) is 0 Å². The summed E-state index contributed by atoms with van der Waals surface area (Å²) in [4.78, 5) is 0. The van der Waals surface area contributed by atoms with Crippen LogP contribution in [0.3, 0.4) is 0 Å². The molecular weight excluding hydrogens is 228 g/mol. The van der Waals surface area contributed by atoms with Gasteiger partial charge in [-0.3, -0.25) is 5.41 Å². The van der Waals surface area contributed by atoms with E-state index in [-0.39, 0.29) is 18.3 Å². The Labute approximate surface area is 97.1 Å². The van der Waals surface area contributed by atoms with Crippen LogP contribution in [0.5, 0.6) is 0 Å². The van der Waals surface area contributed by atoms with Crippen molar-refractivity contribution in [2.75, 3.05) is 26.7 Å². The number of rotatable bonds is 5. The summed E-state index contributed by atoms with van der Waals surface area (Å²) in [7, 11) is -1.82. The Kier molecular flexibility index (Phi) is 4.28. The highest BCUT2D eigenvalue weighted by atomic mass is 32.2. The molecule has 0 aliphatic carbocycles. The number of hydrogen-bond acceptors (Lipinski definition) is 3. The molecule has 0 aromatic rings. The van der Waals surface area contributed by atoms with Crippen molar-refractivity contribution in [1.29, 1.82) is 5.41 Å². The molecule has 1 aliphatic rings. The van der Waals surface area contributed by atoms with Crippen LogP contribution in [0.25, 0.3) is 0 Å². The highest BCUT2D eigenvalue weighted by molar-refractivity contribution is 7.86. The van der Waals surface area contributed by atoms with Gasteiger partial charge in [-0.05, 0) is 12.8 Å². The standard InChI is InChI=1S/C9H20N4O2S/c1-8(9(10)11)7-12(2)16(14,15)13-5-3-4-6-13/h8H,3-7H2,1-2H3,(H3,10,11). The van der Waals surface area contributed by atoms with Gasteiger partial charge in [0, 0.05) is 32.6 Å². The summed E-state index contributed by atoms with van der Waals surface area (Å²) in [6.07, 6.45) is 1.85. The molecule has 7 heteroatoms. The fourth-order valence-electron chi connectivity index (χ4n) is 1.69. The van der Waals surface area contributed by atoms with Gasteiger partial charge in [0.2, 0.25) is 0 Å². The number of nitrogens with zero attached hydrogens (tertiary/aromatic N) is 2. The first-order valence-corrected chi connectivity index (χ1v) is 6.80. The minimum atomic E-state index is -3.35. The van der Waals surface area contributed by atoms with Gasteiger partial charge in [-0.2, -0.15) is 17.0 Å². The Balaban J connectivity index is 2.64. The average Bonchev–Trinajstić information content (AvgIpc) is 2.70. The normalized spacial score (nSPS) is 20.2. The highest BCUT2D eigenvalue weighted by Crippen LogP contribution is 2.16. The smallest absolute Gasteiger partial charge is 0.281 e. The molecule has 0 aromatic heterocycles. The van der Waals surface area contributed by atoms with E-state index in [0.717, 1.165) is 12.8 Å². The topological polar surface area (TPSA) is 90.5 Å². The van der Waals surface area contributed by atoms with Crippen molar-refractivity contribution < 1.29 is 8.42 Å². The Morgan fingerprint density at radius 3 is 2.44 bits per heavy atom. The molecular formula is C9H20N4O2S. The molecule has 1 unspecified atom stereocenters. The van der Waals surface area contributed by atoms with Crippen molar-refractivity contribution in [1.82, 2.24) is 8.61 Å². The fraction of sp³-hybridized carbons (Fsp3) is 0.889. The van der Waals surface area contributed by atoms with E-state index in [1.165, 1.54) is 15.7 Å². The number of nitrogens with one attached hydrogen (secondary N) is 1. The molecule has 1 aliphatic heterocycles. The second kappa shape index (κ2) is 5.11. The summed E-state index contributed by atoms with van der Waals surface area (Å²) in [5.74, 6) is -0.231. The van der Waals surface area contributed by atoms with Crippen molar-refractivity contribution in [3.8, 4) is 0 Å². The molecule has 0 bridgehead atoms. The molecule has 94 valence electrons. The zero-order valence-corrected chi connectivity index (χ0v) is 10.6. The molecule has 6 nitrogen and oxygen atoms in total. The van der Waals surface area contributed by atoms with Gasteiger partial charge in [0.25, 0.3) is 10.2 Å². The Morgan fingerprint density at radius 2 is 2.00 bits per heavy atom. The molecule has 1 saturated heterocycles. The second-order valence-electron chi connectivity index (χ2n) is 4.25. The lowest BCUT2D eigenvalue weighted by Crippen LogP contribution is -2.43. The first-order chi connectivity index (χ1) is 7.35. The molecule has 16 heavy (non-hydrogen) atoms. The third kappa shape index (κ3) is 2.93. The van der Waals surface area contributed by atoms with Crippen molar-refractivity contribution in [3.05, 3.63) is 0 Å². The van der Waals surface area contributed by atoms with E-state index in [0.29, 0.717) is 13.1 Å². The molecule has 0 saturated carbocycles. The maximum absolute atomic E-state index is 12.0. The van der Waals surface area contributed by atoms with Gasteiger partial charge >= 0.3 is 0 Å². The first-order valence-electron chi connectivity index (χ1n) is 5.41. The zero-order chi connectivity index (χ0) is 12.3. The van der Waals surface area contributed by atoms with Crippen LogP contribution in [-0.2, 0) is 10.2 Å². The SMILES string of the molecule is CC(CN(C)S(=O)(=O)N1CCCC1)C(=N)N. The molecule has 0 amide bonds. The van der Waals surface area contributed by atoms with Crippen LogP contribution in [0, 0.1) is 11.3 Å². The maximum atomic E-state index is 12.0. The van der Waals surface area contributed by atoms with Crippen LogP contribution in [0.2, 0.25) is 0 Å². The van der Waals surface area contributed by atoms with Gasteiger partial charge < -0.3 is 5.73 Å². The van der Waals surface area contributed by atoms with E-state index in [2.05, 4.69) is 0 Å². The van der Waals surface area contributed by atoms with Crippen LogP contribution in [0.1, 0.15) is 19.8 Å². The van der Waals surface area contributed by atoms with Crippen molar-refractivity contribution in [2.24, 2.45) is 11.7 Å². The summed E-state index contributed by atoms with van der Waals surface area (Å²) in [6.45, 7) is 3.20. The monoisotopic (exact) mass is 248 g/mol. The average molecular weight is 248 g/mol. The van der Waals surface area contributed by atoms with Gasteiger partial charge in [0.15, 0.2) is 0 Å². The molecule has 3 N–H and O–H groups in total. The minimum absolute atomic E-state index is 0.0171. The summed E-state index contributed by atoms with van der Waals surface area (Å²) in [5.41, 5.74) is 5.33. The first kappa shape index (κ1) is 13.4. The number of amidine groups is 1. The van der Waals surface area contributed by atoms with Crippen LogP contribution >= 0.6 is 0 Å². The van der Waals surface area contributed by atoms with E-state index in [1.54, 1.807) is 6.92 Å². The second-order valence-corrected chi connectivity index (χ2v) is 6.29. The minimum Gasteiger partial charge on any atom is -0.387 e. The van der Waals surface area contributed by atoms with E-state index in [9.17, 15) is 8.42 Å². The fourth-order valence-corrected chi connectivity index (χ4v) is 3.22. The lowest BCUT2D eigenvalue weighted by molar-refractivity contribution is 0.382. The van der Waals surface area contributed by atoms with Crippen molar-refractivity contribution in [3.63, 3.8) is 0 Å². The number of hydrogen-bond donors (Lipinski definition) is 2. The van der Waals surface area contributed by atoms with Gasteiger partial charge in [-0.25, -0.2) is 0 Å². The molecule has 1 rings (SSSR count). The van der Waals surface area contributed by atoms with Crippen LogP contribution in [0.15, 0.2) is 0 Å². The Morgan fingerprint density at radius 1 is 1.50 bits per heavy atom. The van der Waals surface area contributed by atoms with Crippen LogP contribution in [0.4, 0.5) is 0 Å². The van der Waals surface area contributed by atoms with Gasteiger partial charge in [-0.15, -0.1) is 0 Å². The lowest BCUT2D eigenvalue weighted by Gasteiger charge is -2.25. The summed E-state index contributed by atoms with van der Waals surface area (Å²) in [6, 6.07) is 0. The Hall–Kier alpha value is -0.660. The summed E-state index contributed by atoms with van der Waals surface area (Å²) in [5, 5.41) is 7.25. The molecule has 0 aromatic carbocycles. The highest BCUT2D eigenvalue weighted by Gasteiger charge is 2.30. The van der Waals surface area contributed by atoms with E-state index >= 15 is 0 Å². The Bertz CT molecular complexity index is 349. The van der Waals surface area contributed by atoms with Crippen molar-refractivity contribution in [2.45, 2.75) is 19.8 Å². The molecule has 0 radical (unpaired) electrons. The third-order valence-corrected chi connectivity index (χ3v) is 4.80. The molecule has 1 fully saturated rings. The van der Waals surface area contributed by atoms with Gasteiger partial charge in [-0.1, -0.05) is 6.92 Å². The number of nitrogens with two attached hydrogens (primary N) is 1. The van der Waals surface area contributed by atoms with E-state index in [4.69, 9.17) is 11.1 Å². The maximum Gasteiger partial charge on any atom is 0.281 e. The van der Waals surface area contributed by atoms with Crippen LogP contribution < -0.4 is 5.73 Å². The molecule has 0 spiro atoms. The predicted octanol–water partition coefficient (Wildman–Crippen LogP) is -0.169. The quantitative estimate of drug-likeness (QED) is 0.523. The zero-order valence-electron chi connectivity index (χ0n) is 9.81. The van der Waals surface area contributed by atoms with Crippen LogP contribution in [-0.4, -0.2) is 49.5 Å². The molecule has 1 atom stereocenters. The van der Waals surface area contributed by atoms with Crippen molar-refractivity contribution >= 4 is 16.0 Å². The summed E-state index contributed by atoms with van der Waals surface area (Å²) >= 11 is 0. The predicted molar refractivity (Wildman–Crippen MR) is 63.4 cm³/mol. The summed E-state index contributed by atoms with van der Waals surface area (Å²) < 4.78 is 26.8. The lowest BCUT2D eigenvalue weighted by atomic mass is 10.2. The van der Waals surface area contributed by atoms with Gasteiger partial charge in [0.05, 0.1) is 5.84 Å². The molecule has 1 heterocycles. The van der Waals surface area contributed by atoms with E-state index < -0.39 is 10.2 Å². The largest absolute Gasteiger partial charge is 0.387 e. The van der Waals surface area contributed by atoms with Gasteiger partial charge in [0.1, 0.15) is 0 Å². The third-order valence-electron chi connectivity index (χ3n) is 2.85.